The molecule has 0 fully saturated rings. The summed E-state index contributed by atoms with van der Waals surface area (Å²) in [6, 6.07) is 0. The van der Waals surface area contributed by atoms with Crippen LogP contribution in [0.2, 0.25) is 0 Å². The Morgan fingerprint density at radius 3 is 2.81 bits per heavy atom. The summed E-state index contributed by atoms with van der Waals surface area (Å²) in [6.07, 6.45) is 17.3. The molecule has 0 aromatic rings. The summed E-state index contributed by atoms with van der Waals surface area (Å²) in [6.45, 7) is 2.28. The van der Waals surface area contributed by atoms with E-state index >= 15 is 0 Å². The molecule has 0 spiro atoms. The van der Waals surface area contributed by atoms with E-state index in [1.807, 2.05) is 11.8 Å². The molecule has 16 heavy (non-hydrogen) atoms. The van der Waals surface area contributed by atoms with Gasteiger partial charge in [-0.1, -0.05) is 0 Å². The van der Waals surface area contributed by atoms with E-state index in [4.69, 9.17) is 0 Å². The Kier molecular flexibility index (Phi) is 4.06. The first-order valence-electron chi connectivity index (χ1n) is 5.67. The molecule has 0 N–H and O–H groups in total. The quantitative estimate of drug-likeness (QED) is 0.707. The Morgan fingerprint density at radius 2 is 2.25 bits per heavy atom. The normalized spacial score (nSPS) is 28.8. The SMILES string of the molecule is CSC1(CC2=[C]([Sn])CC=C2)CC=CC=C1C. The van der Waals surface area contributed by atoms with Crippen molar-refractivity contribution in [2.45, 2.75) is 30.9 Å². The first kappa shape index (κ1) is 12.6. The second kappa shape index (κ2) is 5.17. The topological polar surface area (TPSA) is 0 Å². The molecule has 0 saturated carbocycles. The second-order valence-corrected chi connectivity index (χ2v) is 7.38. The zero-order valence-corrected chi connectivity index (χ0v) is 13.6. The van der Waals surface area contributed by atoms with Crippen LogP contribution in [0.3, 0.4) is 0 Å². The minimum absolute atomic E-state index is 0.320. The van der Waals surface area contributed by atoms with Crippen LogP contribution in [0.1, 0.15) is 26.2 Å². The average molecular weight is 336 g/mol. The van der Waals surface area contributed by atoms with Crippen LogP contribution in [0.25, 0.3) is 0 Å². The molecule has 0 amide bonds. The molecule has 0 aromatic heterocycles. The summed E-state index contributed by atoms with van der Waals surface area (Å²) < 4.78 is 1.96. The van der Waals surface area contributed by atoms with Gasteiger partial charge in [0.1, 0.15) is 0 Å². The van der Waals surface area contributed by atoms with Gasteiger partial charge < -0.3 is 0 Å². The van der Waals surface area contributed by atoms with Crippen LogP contribution in [-0.4, -0.2) is 33.5 Å². The van der Waals surface area contributed by atoms with Gasteiger partial charge in [0.15, 0.2) is 0 Å². The van der Waals surface area contributed by atoms with Crippen molar-refractivity contribution in [3.63, 3.8) is 0 Å². The second-order valence-electron chi connectivity index (χ2n) is 4.47. The van der Waals surface area contributed by atoms with Crippen molar-refractivity contribution < 1.29 is 0 Å². The van der Waals surface area contributed by atoms with Crippen molar-refractivity contribution in [1.29, 1.82) is 0 Å². The van der Waals surface area contributed by atoms with Gasteiger partial charge in [0.05, 0.1) is 0 Å². The van der Waals surface area contributed by atoms with E-state index < -0.39 is 0 Å². The monoisotopic (exact) mass is 337 g/mol. The molecule has 1 unspecified atom stereocenters. The van der Waals surface area contributed by atoms with Crippen molar-refractivity contribution in [3.8, 4) is 0 Å². The van der Waals surface area contributed by atoms with E-state index in [0.717, 1.165) is 0 Å². The van der Waals surface area contributed by atoms with Crippen LogP contribution >= 0.6 is 11.8 Å². The fraction of sp³-hybridized carbons (Fsp3) is 0.429. The van der Waals surface area contributed by atoms with E-state index in [1.165, 1.54) is 24.8 Å². The van der Waals surface area contributed by atoms with E-state index in [1.54, 1.807) is 31.7 Å². The zero-order chi connectivity index (χ0) is 11.6. The van der Waals surface area contributed by atoms with Crippen molar-refractivity contribution in [2.75, 3.05) is 6.26 Å². The van der Waals surface area contributed by atoms with Crippen LogP contribution in [0, 0.1) is 0 Å². The van der Waals surface area contributed by atoms with Crippen molar-refractivity contribution in [3.05, 3.63) is 45.1 Å². The van der Waals surface area contributed by atoms with E-state index in [2.05, 4.69) is 43.6 Å². The van der Waals surface area contributed by atoms with Gasteiger partial charge in [-0.15, -0.1) is 0 Å². The Hall–Kier alpha value is 0.109. The van der Waals surface area contributed by atoms with Crippen molar-refractivity contribution in [2.24, 2.45) is 0 Å². The third-order valence-corrected chi connectivity index (χ3v) is 6.46. The minimum atomic E-state index is 0.320. The molecule has 0 aliphatic heterocycles. The fourth-order valence-corrected chi connectivity index (χ4v) is 4.11. The number of allylic oxidation sites excluding steroid dienone is 7. The Balaban J connectivity index is 2.23. The summed E-state index contributed by atoms with van der Waals surface area (Å²) in [4.78, 5) is 0. The molecule has 0 bridgehead atoms. The molecular formula is C14H17SSn. The Labute approximate surface area is 116 Å². The first-order chi connectivity index (χ1) is 7.68. The van der Waals surface area contributed by atoms with Gasteiger partial charge in [-0.2, -0.15) is 0 Å². The summed E-state index contributed by atoms with van der Waals surface area (Å²) in [5, 5.41) is 0. The van der Waals surface area contributed by atoms with Gasteiger partial charge >= 0.3 is 117 Å². The average Bonchev–Trinajstić information content (AvgIpc) is 2.68. The number of hydrogen-bond acceptors (Lipinski definition) is 1. The molecule has 0 aromatic carbocycles. The maximum absolute atomic E-state index is 2.34. The molecule has 83 valence electrons. The zero-order valence-electron chi connectivity index (χ0n) is 9.92. The van der Waals surface area contributed by atoms with Crippen molar-refractivity contribution in [1.82, 2.24) is 0 Å². The van der Waals surface area contributed by atoms with Gasteiger partial charge in [-0.05, 0) is 0 Å². The third-order valence-electron chi connectivity index (χ3n) is 3.54. The Morgan fingerprint density at radius 1 is 1.44 bits per heavy atom. The molecular weight excluding hydrogens is 319 g/mol. The summed E-state index contributed by atoms with van der Waals surface area (Å²) in [7, 11) is 0. The van der Waals surface area contributed by atoms with Crippen LogP contribution in [0.15, 0.2) is 45.1 Å². The molecule has 2 rings (SSSR count). The van der Waals surface area contributed by atoms with E-state index in [0.29, 0.717) is 4.75 Å². The Bertz CT molecular complexity index is 401. The van der Waals surface area contributed by atoms with Gasteiger partial charge in [0.2, 0.25) is 0 Å². The first-order valence-corrected chi connectivity index (χ1v) is 8.32. The van der Waals surface area contributed by atoms with Gasteiger partial charge in [0, 0.05) is 0 Å². The predicted molar refractivity (Wildman–Crippen MR) is 74.9 cm³/mol. The molecule has 2 aliphatic rings. The number of hydrogen-bond donors (Lipinski definition) is 0. The summed E-state index contributed by atoms with van der Waals surface area (Å²) in [5.74, 6) is 0. The van der Waals surface area contributed by atoms with E-state index in [9.17, 15) is 0 Å². The van der Waals surface area contributed by atoms with E-state index in [-0.39, 0.29) is 0 Å². The molecule has 1 atom stereocenters. The molecule has 0 nitrogen and oxygen atoms in total. The third kappa shape index (κ3) is 2.35. The molecule has 0 heterocycles. The standard InChI is InChI=1S/C14H17S.Sn/c1-12-7-5-6-10-14(12,15-2)11-13-8-3-4-9-13;/h3,5-8H,4,10-11H2,1-2H3;. The summed E-state index contributed by atoms with van der Waals surface area (Å²) >= 11 is 3.60. The molecule has 0 saturated heterocycles. The van der Waals surface area contributed by atoms with Gasteiger partial charge in [0.25, 0.3) is 0 Å². The number of thioether (sulfide) groups is 1. The maximum atomic E-state index is 2.34. The van der Waals surface area contributed by atoms with Crippen LogP contribution in [0.5, 0.6) is 0 Å². The van der Waals surface area contributed by atoms with Gasteiger partial charge in [-0.3, -0.25) is 0 Å². The van der Waals surface area contributed by atoms with Crippen LogP contribution in [0.4, 0.5) is 0 Å². The van der Waals surface area contributed by atoms with Crippen LogP contribution in [-0.2, 0) is 0 Å². The predicted octanol–water partition coefficient (Wildman–Crippen LogP) is 3.77. The molecule has 3 radical (unpaired) electrons. The molecule has 2 heteroatoms. The number of rotatable bonds is 3. The fourth-order valence-electron chi connectivity index (χ4n) is 2.34. The van der Waals surface area contributed by atoms with Gasteiger partial charge in [-0.25, -0.2) is 0 Å². The molecule has 2 aliphatic carbocycles. The van der Waals surface area contributed by atoms with Crippen LogP contribution < -0.4 is 0 Å². The summed E-state index contributed by atoms with van der Waals surface area (Å²) in [5.41, 5.74) is 3.12. The van der Waals surface area contributed by atoms with Crippen molar-refractivity contribution >= 4 is 34.3 Å².